The van der Waals surface area contributed by atoms with Gasteiger partial charge in [-0.15, -0.1) is 93.9 Å². The van der Waals surface area contributed by atoms with E-state index in [1.165, 1.54) is 98.2 Å². The maximum Gasteiger partial charge on any atom is 0.155 e. The second-order valence-electron chi connectivity index (χ2n) is 18.9. The molecular formula is C72H64Ir3N3O6-3. The van der Waals surface area contributed by atoms with Gasteiger partial charge in [-0.3, -0.25) is 29.3 Å². The van der Waals surface area contributed by atoms with Crippen LogP contribution in [0.5, 0.6) is 0 Å². The zero-order chi connectivity index (χ0) is 58.3. The third-order valence-electron chi connectivity index (χ3n) is 11.7. The quantitative estimate of drug-likeness (QED) is 0.0805. The summed E-state index contributed by atoms with van der Waals surface area (Å²) in [5.41, 5.74) is 14.0. The number of carbonyl (C=O) groups excluding carboxylic acids is 3. The molecule has 84 heavy (non-hydrogen) atoms. The molecular weight excluding hydrogens is 1580 g/mol. The first-order chi connectivity index (χ1) is 38.9. The third-order valence-corrected chi connectivity index (χ3v) is 11.7. The van der Waals surface area contributed by atoms with Gasteiger partial charge in [0.2, 0.25) is 0 Å². The second kappa shape index (κ2) is 35.7. The summed E-state index contributed by atoms with van der Waals surface area (Å²) in [6, 6.07) is 80.3. The Morgan fingerprint density at radius 2 is 0.762 bits per heavy atom. The van der Waals surface area contributed by atoms with E-state index in [0.29, 0.717) is 0 Å². The van der Waals surface area contributed by atoms with Gasteiger partial charge in [0.25, 0.3) is 0 Å². The van der Waals surface area contributed by atoms with Crippen LogP contribution in [0.4, 0.5) is 0 Å². The number of hydrogen-bond donors (Lipinski definition) is 3. The zero-order valence-electron chi connectivity index (χ0n) is 47.8. The Bertz CT molecular complexity index is 3880. The number of para-hydroxylation sites is 3. The molecule has 0 aliphatic heterocycles. The van der Waals surface area contributed by atoms with Gasteiger partial charge in [0.15, 0.2) is 17.3 Å². The molecule has 0 fully saturated rings. The molecule has 3 N–H and O–H groups in total. The van der Waals surface area contributed by atoms with Gasteiger partial charge < -0.3 is 15.3 Å². The number of aromatic nitrogens is 3. The molecule has 0 aliphatic rings. The van der Waals surface area contributed by atoms with Crippen LogP contribution >= 0.6 is 0 Å². The standard InChI is InChI=1S/C21H14N.C19H12N.C17H14N.3C5H8O2.3Ir/c1-2-6-16(7-3-1)17-10-12-19(13-11-17)21-15-14-18-8-4-5-9-20(18)22-21;1-2-7-16-13-17(10-9-14(16)5-1)19-12-11-15-6-3-4-8-18(15)20-19;1-12-7-9-15(13(2)11-12)17-10-8-14-5-3-4-6-16(14)18-17;3*1-4(6)3-5(2)7;;;/h1-12,14-15H;1-9,11-13H;3-8,10-11H,1-2H3;3*3,6H,1-2H3;;;/q3*-1;;;;;;. The smallest absolute Gasteiger partial charge is 0.155 e. The first-order valence-electron chi connectivity index (χ1n) is 26.1. The summed E-state index contributed by atoms with van der Waals surface area (Å²) in [5, 5.41) is 31.0. The van der Waals surface area contributed by atoms with E-state index in [2.05, 4.69) is 141 Å². The van der Waals surface area contributed by atoms with Crippen molar-refractivity contribution < 1.29 is 90.0 Å². The Balaban J connectivity index is 0.000000279. The molecule has 9 nitrogen and oxygen atoms in total. The summed E-state index contributed by atoms with van der Waals surface area (Å²) >= 11 is 0. The fourth-order valence-corrected chi connectivity index (χ4v) is 8.22. The van der Waals surface area contributed by atoms with Crippen LogP contribution in [-0.4, -0.2) is 47.6 Å². The largest absolute Gasteiger partial charge is 0.512 e. The predicted molar refractivity (Wildman–Crippen MR) is 332 cm³/mol. The van der Waals surface area contributed by atoms with Gasteiger partial charge in [0.05, 0.1) is 33.8 Å². The molecule has 0 saturated carbocycles. The predicted octanol–water partition coefficient (Wildman–Crippen LogP) is 17.6. The number of aliphatic hydroxyl groups excluding tert-OH is 3. The minimum absolute atomic E-state index is 0. The van der Waals surface area contributed by atoms with Crippen LogP contribution < -0.4 is 0 Å². The maximum absolute atomic E-state index is 10.0. The average Bonchev–Trinajstić information content (AvgIpc) is 2.83. The number of benzene rings is 8. The minimum atomic E-state index is -0.125. The Morgan fingerprint density at radius 3 is 1.18 bits per heavy atom. The van der Waals surface area contributed by atoms with Crippen molar-refractivity contribution in [3.8, 4) is 44.9 Å². The molecule has 0 bridgehead atoms. The van der Waals surface area contributed by atoms with E-state index in [0.717, 1.165) is 61.1 Å². The van der Waals surface area contributed by atoms with E-state index in [9.17, 15) is 14.4 Å². The monoisotopic (exact) mass is 1650 g/mol. The number of nitrogens with zero attached hydrogens (tertiary/aromatic N) is 3. The molecule has 0 spiro atoms. The molecule has 11 aromatic rings. The number of aliphatic hydroxyl groups is 3. The zero-order valence-corrected chi connectivity index (χ0v) is 55.0. The Labute approximate surface area is 533 Å². The van der Waals surface area contributed by atoms with Crippen molar-refractivity contribution >= 4 is 60.8 Å². The summed E-state index contributed by atoms with van der Waals surface area (Å²) in [4.78, 5) is 44.2. The van der Waals surface area contributed by atoms with Crippen LogP contribution in [0.25, 0.3) is 88.4 Å². The van der Waals surface area contributed by atoms with Crippen molar-refractivity contribution in [1.82, 2.24) is 15.0 Å². The average molecular weight is 1640 g/mol. The van der Waals surface area contributed by atoms with E-state index >= 15 is 0 Å². The van der Waals surface area contributed by atoms with Crippen LogP contribution in [0.2, 0.25) is 0 Å². The number of fused-ring (bicyclic) bond motifs is 4. The summed E-state index contributed by atoms with van der Waals surface area (Å²) in [7, 11) is 0. The van der Waals surface area contributed by atoms with E-state index < -0.39 is 0 Å². The molecule has 3 radical (unpaired) electrons. The molecule has 433 valence electrons. The second-order valence-corrected chi connectivity index (χ2v) is 18.9. The minimum Gasteiger partial charge on any atom is -0.512 e. The molecule has 3 heterocycles. The Kier molecular flexibility index (Phi) is 29.8. The molecule has 8 aromatic carbocycles. The maximum atomic E-state index is 10.0. The van der Waals surface area contributed by atoms with E-state index in [-0.39, 0.29) is 94.9 Å². The summed E-state index contributed by atoms with van der Waals surface area (Å²) in [5.74, 6) is -0.187. The molecule has 12 heteroatoms. The Hall–Kier alpha value is -8.17. The van der Waals surface area contributed by atoms with E-state index in [1.54, 1.807) is 0 Å². The number of pyridine rings is 3. The van der Waals surface area contributed by atoms with Crippen molar-refractivity contribution in [3.63, 3.8) is 0 Å². The molecule has 11 rings (SSSR count). The number of aryl methyl sites for hydroxylation is 2. The molecule has 0 aliphatic carbocycles. The van der Waals surface area contributed by atoms with Crippen molar-refractivity contribution in [1.29, 1.82) is 0 Å². The number of allylic oxidation sites excluding steroid dienone is 6. The molecule has 3 aromatic heterocycles. The summed E-state index contributed by atoms with van der Waals surface area (Å²) in [6.07, 6.45) is 3.50. The van der Waals surface area contributed by atoms with Gasteiger partial charge in [-0.25, -0.2) is 0 Å². The molecule has 0 amide bonds. The van der Waals surface area contributed by atoms with Gasteiger partial charge in [-0.1, -0.05) is 176 Å². The van der Waals surface area contributed by atoms with Crippen LogP contribution in [-0.2, 0) is 74.7 Å². The number of ketones is 3. The first-order valence-corrected chi connectivity index (χ1v) is 26.1. The first kappa shape index (κ1) is 70.1. The van der Waals surface area contributed by atoms with Crippen molar-refractivity contribution in [3.05, 3.63) is 271 Å². The van der Waals surface area contributed by atoms with E-state index in [4.69, 9.17) is 30.3 Å². The van der Waals surface area contributed by atoms with Crippen molar-refractivity contribution in [2.45, 2.75) is 55.4 Å². The van der Waals surface area contributed by atoms with Gasteiger partial charge in [-0.05, 0) is 93.0 Å². The van der Waals surface area contributed by atoms with Gasteiger partial charge in [0.1, 0.15) is 0 Å². The van der Waals surface area contributed by atoms with Crippen LogP contribution in [0.15, 0.2) is 242 Å². The van der Waals surface area contributed by atoms with Crippen LogP contribution in [0.3, 0.4) is 0 Å². The molecule has 0 saturated heterocycles. The topological polar surface area (TPSA) is 151 Å². The molecule has 0 unspecified atom stereocenters. The van der Waals surface area contributed by atoms with E-state index in [1.807, 2.05) is 97.1 Å². The summed E-state index contributed by atoms with van der Waals surface area (Å²) < 4.78 is 0. The fourth-order valence-electron chi connectivity index (χ4n) is 8.22. The van der Waals surface area contributed by atoms with Gasteiger partial charge in [-0.2, -0.15) is 0 Å². The molecule has 0 atom stereocenters. The van der Waals surface area contributed by atoms with Gasteiger partial charge in [0, 0.05) is 78.5 Å². The van der Waals surface area contributed by atoms with Crippen LogP contribution in [0.1, 0.15) is 52.7 Å². The summed E-state index contributed by atoms with van der Waals surface area (Å²) in [6.45, 7) is 12.7. The number of hydrogen-bond acceptors (Lipinski definition) is 9. The van der Waals surface area contributed by atoms with Crippen LogP contribution in [0, 0.1) is 32.0 Å². The normalized spacial score (nSPS) is 10.6. The Morgan fingerprint density at radius 1 is 0.369 bits per heavy atom. The van der Waals surface area contributed by atoms with Gasteiger partial charge >= 0.3 is 0 Å². The fraction of sp³-hybridized carbons (Fsp3) is 0.111. The number of carbonyl (C=O) groups is 3. The third kappa shape index (κ3) is 22.9. The number of rotatable bonds is 7. The van der Waals surface area contributed by atoms with Crippen molar-refractivity contribution in [2.24, 2.45) is 0 Å². The SMILES string of the molecule is CC(=O)C=C(C)O.CC(=O)C=C(C)O.CC(=O)C=C(C)O.Cc1c[c-]c(-c2ccc3ccccc3n2)c(C)c1.[Ir].[Ir].[Ir].[c-]1cc(-c2ccccc2)ccc1-c1ccc2ccccc2n1.[c-]1cc2ccccc2cc1-c1ccc2ccccc2n1. The van der Waals surface area contributed by atoms with Crippen molar-refractivity contribution in [2.75, 3.05) is 0 Å².